The van der Waals surface area contributed by atoms with Crippen LogP contribution in [0.2, 0.25) is 0 Å². The van der Waals surface area contributed by atoms with Gasteiger partial charge in [-0.15, -0.1) is 0 Å². The lowest BCUT2D eigenvalue weighted by molar-refractivity contribution is 0.367. The van der Waals surface area contributed by atoms with Crippen LogP contribution in [0.1, 0.15) is 79.1 Å². The number of hydrogen-bond acceptors (Lipinski definition) is 20. The van der Waals surface area contributed by atoms with Gasteiger partial charge in [0.1, 0.15) is 46.0 Å². The Labute approximate surface area is 468 Å². The van der Waals surface area contributed by atoms with Gasteiger partial charge in [0.05, 0.1) is 0 Å². The van der Waals surface area contributed by atoms with Crippen molar-refractivity contribution >= 4 is 0 Å². The number of aryl methyl sites for hydroxylation is 5. The maximum Gasteiger partial charge on any atom is 0.200 e. The Kier molecular flexibility index (Phi) is 17.0. The van der Waals surface area contributed by atoms with Gasteiger partial charge in [0.2, 0.25) is 0 Å². The van der Waals surface area contributed by atoms with Crippen molar-refractivity contribution in [3.05, 3.63) is 164 Å². The van der Waals surface area contributed by atoms with Gasteiger partial charge in [-0.1, -0.05) is 0 Å². The highest BCUT2D eigenvalue weighted by Crippen LogP contribution is 2.45. The van der Waals surface area contributed by atoms with E-state index in [9.17, 15) is 102 Å². The van der Waals surface area contributed by atoms with Crippen LogP contribution in [0.15, 0.2) is 97.1 Å². The molecule has 0 aliphatic rings. The summed E-state index contributed by atoms with van der Waals surface area (Å²) < 4.78 is 0. The highest BCUT2D eigenvalue weighted by atomic mass is 16.3. The van der Waals surface area contributed by atoms with Crippen molar-refractivity contribution in [1.29, 1.82) is 0 Å². The number of rotatable bonds is 21. The first-order valence-corrected chi connectivity index (χ1v) is 25.9. The van der Waals surface area contributed by atoms with E-state index in [2.05, 4.69) is 0 Å². The quantitative estimate of drug-likeness (QED) is 0.0299. The minimum absolute atomic E-state index is 0.00553. The highest BCUT2D eigenvalue weighted by Gasteiger charge is 2.29. The Balaban J connectivity index is 1.17. The predicted molar refractivity (Wildman–Crippen MR) is 296 cm³/mol. The molecule has 0 aliphatic carbocycles. The second kappa shape index (κ2) is 24.0. The first-order chi connectivity index (χ1) is 38.8. The SMILES string of the molecule is Oc1cc(CCc2c(O)cc(CC[C@@H](Cc3cc(O)c(CCc4cc(O)c(O)c(O)c4)c(O)c3)[C@H](Cc3cc(O)c(CCc4cc(O)c(O)c(O)c4)c(O)c3)c3cc(O)c(CCc4cc(O)c(O)c(O)c4)c(O)c3)cc2O)cc(O)c1O. The van der Waals surface area contributed by atoms with Crippen molar-refractivity contribution in [3.8, 4) is 115 Å². The molecule has 0 saturated heterocycles. The maximum atomic E-state index is 11.7. The third-order valence-corrected chi connectivity index (χ3v) is 14.9. The summed E-state index contributed by atoms with van der Waals surface area (Å²) in [6.07, 6.45) is 0.723. The number of benzene rings is 8. The Bertz CT molecular complexity index is 3520. The molecular formula is C62H62O20. The molecule has 0 amide bonds. The molecule has 8 rings (SSSR count). The van der Waals surface area contributed by atoms with Gasteiger partial charge >= 0.3 is 0 Å². The van der Waals surface area contributed by atoms with Crippen molar-refractivity contribution in [3.63, 3.8) is 0 Å². The van der Waals surface area contributed by atoms with Crippen molar-refractivity contribution < 1.29 is 102 Å². The second-order valence-electron chi connectivity index (χ2n) is 20.6. The summed E-state index contributed by atoms with van der Waals surface area (Å²) in [5.41, 5.74) is 3.44. The van der Waals surface area contributed by atoms with Crippen LogP contribution in [0.5, 0.6) is 115 Å². The molecule has 0 aromatic heterocycles. The normalized spacial score (nSPS) is 12.1. The molecule has 0 heterocycles. The van der Waals surface area contributed by atoms with Gasteiger partial charge < -0.3 is 102 Å². The molecule has 20 heteroatoms. The van der Waals surface area contributed by atoms with Gasteiger partial charge in [-0.2, -0.15) is 0 Å². The fourth-order valence-electron chi connectivity index (χ4n) is 10.6. The van der Waals surface area contributed by atoms with E-state index in [0.29, 0.717) is 44.5 Å². The third-order valence-electron chi connectivity index (χ3n) is 14.9. The van der Waals surface area contributed by atoms with Gasteiger partial charge in [-0.3, -0.25) is 0 Å². The number of phenols is 20. The van der Waals surface area contributed by atoms with Crippen LogP contribution in [0.4, 0.5) is 0 Å². The lowest BCUT2D eigenvalue weighted by atomic mass is 9.75. The molecule has 430 valence electrons. The van der Waals surface area contributed by atoms with E-state index in [1.165, 1.54) is 97.1 Å². The molecule has 20 nitrogen and oxygen atoms in total. The minimum atomic E-state index is -0.803. The van der Waals surface area contributed by atoms with E-state index in [0.717, 1.165) is 0 Å². The zero-order valence-electron chi connectivity index (χ0n) is 43.8. The fraction of sp³-hybridized carbons (Fsp3) is 0.226. The Morgan fingerprint density at radius 1 is 0.207 bits per heavy atom. The average Bonchev–Trinajstić information content (AvgIpc) is 3.53. The van der Waals surface area contributed by atoms with Gasteiger partial charge in [-0.25, -0.2) is 0 Å². The van der Waals surface area contributed by atoms with E-state index in [-0.39, 0.29) is 145 Å². The first-order valence-electron chi connectivity index (χ1n) is 25.9. The molecule has 0 bridgehead atoms. The Morgan fingerprint density at radius 2 is 0.415 bits per heavy atom. The molecule has 0 unspecified atom stereocenters. The van der Waals surface area contributed by atoms with Gasteiger partial charge in [0, 0.05) is 22.3 Å². The molecule has 8 aromatic rings. The fourth-order valence-corrected chi connectivity index (χ4v) is 10.6. The van der Waals surface area contributed by atoms with Crippen molar-refractivity contribution in [2.24, 2.45) is 5.92 Å². The van der Waals surface area contributed by atoms with Crippen LogP contribution in [-0.2, 0) is 70.6 Å². The van der Waals surface area contributed by atoms with E-state index in [4.69, 9.17) is 0 Å². The topological polar surface area (TPSA) is 405 Å². The van der Waals surface area contributed by atoms with Gasteiger partial charge in [0.25, 0.3) is 0 Å². The zero-order chi connectivity index (χ0) is 59.4. The molecule has 0 radical (unpaired) electrons. The zero-order valence-corrected chi connectivity index (χ0v) is 43.8. The average molecular weight is 1130 g/mol. The van der Waals surface area contributed by atoms with Gasteiger partial charge in [-0.05, 0) is 230 Å². The van der Waals surface area contributed by atoms with Crippen LogP contribution in [0.3, 0.4) is 0 Å². The number of phenolic OH excluding ortho intramolecular Hbond substituents is 20. The summed E-state index contributed by atoms with van der Waals surface area (Å²) in [7, 11) is 0. The number of hydrogen-bond donors (Lipinski definition) is 20. The summed E-state index contributed by atoms with van der Waals surface area (Å²) >= 11 is 0. The highest BCUT2D eigenvalue weighted by molar-refractivity contribution is 5.57. The molecule has 0 aliphatic heterocycles. The van der Waals surface area contributed by atoms with Crippen LogP contribution < -0.4 is 0 Å². The Morgan fingerprint density at radius 3 is 0.683 bits per heavy atom. The second-order valence-corrected chi connectivity index (χ2v) is 20.6. The first kappa shape index (κ1) is 57.9. The van der Waals surface area contributed by atoms with Crippen LogP contribution in [0.25, 0.3) is 0 Å². The smallest absolute Gasteiger partial charge is 0.200 e. The van der Waals surface area contributed by atoms with E-state index < -0.39 is 80.8 Å². The summed E-state index contributed by atoms with van der Waals surface area (Å²) in [6, 6.07) is 21.2. The molecule has 0 saturated carbocycles. The molecule has 0 fully saturated rings. The molecular weight excluding hydrogens is 1060 g/mol. The summed E-state index contributed by atoms with van der Waals surface area (Å²) in [4.78, 5) is 0. The van der Waals surface area contributed by atoms with Crippen LogP contribution in [-0.4, -0.2) is 102 Å². The van der Waals surface area contributed by atoms with Crippen molar-refractivity contribution in [1.82, 2.24) is 0 Å². The lowest BCUT2D eigenvalue weighted by Gasteiger charge is -2.30. The summed E-state index contributed by atoms with van der Waals surface area (Å²) in [5.74, 6) is -11.5. The minimum Gasteiger partial charge on any atom is -0.508 e. The molecule has 2 atom stereocenters. The molecule has 8 aromatic carbocycles. The molecule has 0 spiro atoms. The lowest BCUT2D eigenvalue weighted by Crippen LogP contribution is -2.20. The Hall–Kier alpha value is -10.2. The summed E-state index contributed by atoms with van der Waals surface area (Å²) in [5, 5.41) is 212. The maximum absolute atomic E-state index is 11.7. The van der Waals surface area contributed by atoms with Crippen LogP contribution >= 0.6 is 0 Å². The predicted octanol–water partition coefficient (Wildman–Crippen LogP) is 8.76. The van der Waals surface area contributed by atoms with Crippen molar-refractivity contribution in [2.75, 3.05) is 0 Å². The van der Waals surface area contributed by atoms with Crippen LogP contribution in [0, 0.1) is 5.92 Å². The third kappa shape index (κ3) is 13.1. The largest absolute Gasteiger partial charge is 0.508 e. The van der Waals surface area contributed by atoms with E-state index >= 15 is 0 Å². The monoisotopic (exact) mass is 1130 g/mol. The van der Waals surface area contributed by atoms with Crippen molar-refractivity contribution in [2.45, 2.75) is 83.0 Å². The summed E-state index contributed by atoms with van der Waals surface area (Å²) in [6.45, 7) is 0. The van der Waals surface area contributed by atoms with E-state index in [1.54, 1.807) is 0 Å². The standard InChI is InChI=1S/C62H62O20/c63-43-13-29(14-44(64)38(43)7-2-30-15-51(71)59(79)52(72)16-30)1-6-36(11-34-23-45(65)39(46(66)24-34)8-3-31-17-53(73)60(80)54(74)18-31)42(37-27-49(69)41(50(70)28-37)10-5-33-21-57(77)62(82)58(78)22-33)12-35-25-47(67)40(48(68)26-35)9-4-32-19-55(75)61(81)56(76)20-32/h13-28,36,42,63-82H,1-12H2/t36-,42-/m0/s1. The molecule has 20 N–H and O–H groups in total. The van der Waals surface area contributed by atoms with Gasteiger partial charge in [0.15, 0.2) is 69.0 Å². The number of aromatic hydroxyl groups is 20. The molecule has 82 heavy (non-hydrogen) atoms. The van der Waals surface area contributed by atoms with E-state index in [1.807, 2.05) is 0 Å².